The van der Waals surface area contributed by atoms with Crippen LogP contribution >= 0.6 is 12.2 Å². The lowest BCUT2D eigenvalue weighted by Gasteiger charge is -2.63. The summed E-state index contributed by atoms with van der Waals surface area (Å²) in [6.45, 7) is 6.96. The molecule has 4 aliphatic carbocycles. The number of allylic oxidation sites excluding steroid dienone is 4. The second-order valence-corrected chi connectivity index (χ2v) is 12.3. The van der Waals surface area contributed by atoms with Gasteiger partial charge in [0.25, 0.3) is 0 Å². The van der Waals surface area contributed by atoms with Crippen molar-refractivity contribution in [2.75, 3.05) is 6.61 Å². The lowest BCUT2D eigenvalue weighted by Crippen LogP contribution is -2.71. The molecule has 0 unspecified atom stereocenters. The fourth-order valence-corrected chi connectivity index (χ4v) is 8.86. The molecule has 0 spiro atoms. The molecule has 5 aliphatic rings. The summed E-state index contributed by atoms with van der Waals surface area (Å²) in [6.07, 6.45) is -0.0799. The molecule has 7 nitrogen and oxygen atoms in total. The van der Waals surface area contributed by atoms with Gasteiger partial charge in [-0.25, -0.2) is 13.6 Å². The van der Waals surface area contributed by atoms with Crippen molar-refractivity contribution in [3.05, 3.63) is 23.8 Å². The summed E-state index contributed by atoms with van der Waals surface area (Å²) in [7, 11) is 0. The zero-order valence-corrected chi connectivity index (χ0v) is 22.8. The van der Waals surface area contributed by atoms with Gasteiger partial charge in [0.1, 0.15) is 6.17 Å². The molecule has 1 N–H and O–H groups in total. The van der Waals surface area contributed by atoms with Gasteiger partial charge in [0, 0.05) is 35.5 Å². The summed E-state index contributed by atoms with van der Waals surface area (Å²) in [4.78, 5) is 37.1. The minimum Gasteiger partial charge on any atom is -0.468 e. The zero-order chi connectivity index (χ0) is 27.8. The molecule has 0 bridgehead atoms. The third-order valence-electron chi connectivity index (χ3n) is 10.2. The number of carbonyl (C=O) groups excluding carboxylic acids is 3. The summed E-state index contributed by atoms with van der Waals surface area (Å²) in [5, 5.41) is 11.5. The molecule has 0 aromatic carbocycles. The predicted octanol–water partition coefficient (Wildman–Crippen LogP) is 3.90. The standard InChI is InChI=1S/C28H34F2O7S/c1-5-22(33)37-28(24(38)36-20-7-9-35-23(20)34)14(2)10-16-17-12-19(29)18-11-15(31)6-8-25(18,3)27(17,30)21(32)13-26(16,28)4/h6,8,11,14,16-17,19-21,32H,5,7,9-10,12-13H2,1-4H3/t14-,16+,17+,19+,20+,21+,25+,26+,27+,28-/m1/s1. The Hall–Kier alpha value is -2.20. The first-order valence-corrected chi connectivity index (χ1v) is 13.7. The Labute approximate surface area is 225 Å². The van der Waals surface area contributed by atoms with Crippen LogP contribution in [0, 0.1) is 28.6 Å². The lowest BCUT2D eigenvalue weighted by atomic mass is 9.44. The van der Waals surface area contributed by atoms with Crippen LogP contribution in [-0.2, 0) is 28.6 Å². The van der Waals surface area contributed by atoms with Crippen LogP contribution < -0.4 is 0 Å². The lowest BCUT2D eigenvalue weighted by molar-refractivity contribution is -0.223. The van der Waals surface area contributed by atoms with Crippen molar-refractivity contribution in [1.29, 1.82) is 0 Å². The minimum absolute atomic E-state index is 0.0414. The average molecular weight is 553 g/mol. The van der Waals surface area contributed by atoms with Gasteiger partial charge in [-0.1, -0.05) is 26.8 Å². The minimum atomic E-state index is -2.27. The first-order valence-electron chi connectivity index (χ1n) is 13.3. The van der Waals surface area contributed by atoms with E-state index in [0.29, 0.717) is 6.42 Å². The topological polar surface area (TPSA) is 99.1 Å². The zero-order valence-electron chi connectivity index (χ0n) is 22.0. The molecule has 0 radical (unpaired) electrons. The summed E-state index contributed by atoms with van der Waals surface area (Å²) < 4.78 is 50.3. The Bertz CT molecular complexity index is 1150. The number of rotatable bonds is 4. The van der Waals surface area contributed by atoms with Crippen molar-refractivity contribution in [2.24, 2.45) is 28.6 Å². The Kier molecular flexibility index (Phi) is 6.42. The van der Waals surface area contributed by atoms with E-state index < -0.39 is 76.0 Å². The monoisotopic (exact) mass is 552 g/mol. The number of aliphatic hydroxyl groups is 1. The first kappa shape index (κ1) is 27.4. The second kappa shape index (κ2) is 8.91. The number of alkyl halides is 2. The van der Waals surface area contributed by atoms with Crippen LogP contribution in [0.25, 0.3) is 0 Å². The normalized spacial score (nSPS) is 47.4. The van der Waals surface area contributed by atoms with E-state index in [1.165, 1.54) is 19.1 Å². The maximum atomic E-state index is 17.5. The van der Waals surface area contributed by atoms with Crippen LogP contribution in [0.3, 0.4) is 0 Å². The SMILES string of the molecule is CCC(=O)O[C@@]1(C(=S)O[C@H]2CCOC2=O)[C@H](C)C[C@H]2[C@@H]3C[C@H](F)C4=CC(=O)C=C[C@]4(C)[C@@]3(F)[C@@H](O)C[C@@]21C. The molecule has 0 aromatic rings. The second-order valence-electron chi connectivity index (χ2n) is 11.9. The average Bonchev–Trinajstić information content (AvgIpc) is 3.35. The van der Waals surface area contributed by atoms with Crippen molar-refractivity contribution in [3.8, 4) is 0 Å². The number of thiocarbonyl (C=S) groups is 1. The molecule has 1 heterocycles. The number of hydrogen-bond acceptors (Lipinski definition) is 8. The van der Waals surface area contributed by atoms with E-state index >= 15 is 8.78 Å². The van der Waals surface area contributed by atoms with Gasteiger partial charge in [0.05, 0.1) is 12.7 Å². The van der Waals surface area contributed by atoms with Crippen molar-refractivity contribution < 1.29 is 42.5 Å². The molecule has 208 valence electrons. The third kappa shape index (κ3) is 3.37. The largest absolute Gasteiger partial charge is 0.468 e. The Morgan fingerprint density at radius 3 is 2.61 bits per heavy atom. The van der Waals surface area contributed by atoms with E-state index in [1.54, 1.807) is 13.8 Å². The third-order valence-corrected chi connectivity index (χ3v) is 10.6. The molecule has 38 heavy (non-hydrogen) atoms. The highest BCUT2D eigenvalue weighted by molar-refractivity contribution is 7.80. The highest BCUT2D eigenvalue weighted by Crippen LogP contribution is 2.71. The summed E-state index contributed by atoms with van der Waals surface area (Å²) >= 11 is 5.75. The van der Waals surface area contributed by atoms with E-state index in [9.17, 15) is 19.5 Å². The number of cyclic esters (lactones) is 1. The summed E-state index contributed by atoms with van der Waals surface area (Å²) in [5.41, 5.74) is -6.44. The molecule has 0 amide bonds. The van der Waals surface area contributed by atoms with Crippen LogP contribution in [0.2, 0.25) is 0 Å². The smallest absolute Gasteiger partial charge is 0.347 e. The van der Waals surface area contributed by atoms with E-state index in [2.05, 4.69) is 0 Å². The molecule has 5 rings (SSSR count). The number of ether oxygens (including phenoxy) is 3. The summed E-state index contributed by atoms with van der Waals surface area (Å²) in [6, 6.07) is 0. The van der Waals surface area contributed by atoms with Gasteiger partial charge >= 0.3 is 11.9 Å². The number of ketones is 1. The van der Waals surface area contributed by atoms with E-state index in [1.807, 2.05) is 6.92 Å². The molecule has 3 saturated carbocycles. The molecule has 4 fully saturated rings. The van der Waals surface area contributed by atoms with Gasteiger partial charge in [-0.15, -0.1) is 0 Å². The molecular weight excluding hydrogens is 518 g/mol. The summed E-state index contributed by atoms with van der Waals surface area (Å²) in [5.74, 6) is -3.51. The van der Waals surface area contributed by atoms with Crippen LogP contribution in [0.1, 0.15) is 59.8 Å². The van der Waals surface area contributed by atoms with Crippen LogP contribution in [-0.4, -0.2) is 64.1 Å². The molecular formula is C28H34F2O7S. The Balaban J connectivity index is 1.61. The predicted molar refractivity (Wildman–Crippen MR) is 135 cm³/mol. The van der Waals surface area contributed by atoms with Gasteiger partial charge in [-0.05, 0) is 62.0 Å². The maximum Gasteiger partial charge on any atom is 0.347 e. The van der Waals surface area contributed by atoms with Gasteiger partial charge in [-0.3, -0.25) is 9.59 Å². The number of fused-ring (bicyclic) bond motifs is 5. The molecule has 1 saturated heterocycles. The molecule has 0 aromatic heterocycles. The van der Waals surface area contributed by atoms with Gasteiger partial charge in [0.15, 0.2) is 23.2 Å². The number of esters is 2. The highest BCUT2D eigenvalue weighted by Gasteiger charge is 2.78. The quantitative estimate of drug-likeness (QED) is 0.414. The van der Waals surface area contributed by atoms with E-state index in [0.717, 1.165) is 6.08 Å². The van der Waals surface area contributed by atoms with Gasteiger partial charge < -0.3 is 19.3 Å². The molecule has 10 atom stereocenters. The van der Waals surface area contributed by atoms with Crippen molar-refractivity contribution in [3.63, 3.8) is 0 Å². The Morgan fingerprint density at radius 1 is 1.26 bits per heavy atom. The molecule has 10 heteroatoms. The number of aliphatic hydroxyl groups excluding tert-OH is 1. The number of hydrogen-bond donors (Lipinski definition) is 1. The fraction of sp³-hybridized carbons (Fsp3) is 0.714. The van der Waals surface area contributed by atoms with E-state index in [-0.39, 0.29) is 42.9 Å². The fourth-order valence-electron chi connectivity index (χ4n) is 8.27. The Morgan fingerprint density at radius 2 is 1.97 bits per heavy atom. The molecule has 1 aliphatic heterocycles. The van der Waals surface area contributed by atoms with Crippen molar-refractivity contribution >= 4 is 35.0 Å². The van der Waals surface area contributed by atoms with Crippen molar-refractivity contribution in [2.45, 2.75) is 89.4 Å². The van der Waals surface area contributed by atoms with Gasteiger partial charge in [0.2, 0.25) is 5.05 Å². The van der Waals surface area contributed by atoms with Crippen molar-refractivity contribution in [1.82, 2.24) is 0 Å². The van der Waals surface area contributed by atoms with Gasteiger partial charge in [-0.2, -0.15) is 0 Å². The number of halogens is 2. The van der Waals surface area contributed by atoms with Crippen LogP contribution in [0.4, 0.5) is 8.78 Å². The maximum absolute atomic E-state index is 17.5. The first-order chi connectivity index (χ1) is 17.8. The van der Waals surface area contributed by atoms with E-state index in [4.69, 9.17) is 26.4 Å². The highest BCUT2D eigenvalue weighted by atomic mass is 32.1. The van der Waals surface area contributed by atoms with Crippen LogP contribution in [0.5, 0.6) is 0 Å². The van der Waals surface area contributed by atoms with Crippen LogP contribution in [0.15, 0.2) is 23.8 Å². The number of carbonyl (C=O) groups is 3.